The second-order valence-electron chi connectivity index (χ2n) is 5.83. The molecule has 0 unspecified atom stereocenters. The molecule has 23 heavy (non-hydrogen) atoms. The van der Waals surface area contributed by atoms with Gasteiger partial charge in [-0.25, -0.2) is 0 Å². The highest BCUT2D eigenvalue weighted by atomic mass is 32.1. The van der Waals surface area contributed by atoms with Crippen LogP contribution in [0, 0.1) is 6.92 Å². The Morgan fingerprint density at radius 2 is 2.09 bits per heavy atom. The van der Waals surface area contributed by atoms with Crippen LogP contribution in [0.4, 0.5) is 0 Å². The Balaban J connectivity index is 1.59. The number of thiophene rings is 1. The Kier molecular flexibility index (Phi) is 4.47. The summed E-state index contributed by atoms with van der Waals surface area (Å²) in [5, 5.41) is 10.0. The lowest BCUT2D eigenvalue weighted by Crippen LogP contribution is -2.46. The number of aromatic nitrogens is 2. The molecular formula is C16H20N4O2S. The Morgan fingerprint density at radius 3 is 2.70 bits per heavy atom. The highest BCUT2D eigenvalue weighted by Gasteiger charge is 2.23. The third-order valence-corrected chi connectivity index (χ3v) is 5.13. The lowest BCUT2D eigenvalue weighted by molar-refractivity contribution is -0.129. The third-order valence-electron chi connectivity index (χ3n) is 4.09. The van der Waals surface area contributed by atoms with Gasteiger partial charge in [0.15, 0.2) is 5.69 Å². The average Bonchev–Trinajstić information content (AvgIpc) is 3.16. The number of aryl methyl sites for hydroxylation is 1. The molecule has 2 aromatic heterocycles. The summed E-state index contributed by atoms with van der Waals surface area (Å²) in [7, 11) is 0. The molecule has 0 spiro atoms. The first-order valence-electron chi connectivity index (χ1n) is 7.71. The fourth-order valence-electron chi connectivity index (χ4n) is 2.74. The molecule has 0 saturated carbocycles. The standard InChI is InChI=1S/C16H20N4O2S/c1-10-3-4-15(23-10)13-9-14(19-18-13)16(22)17-12-5-7-20(8-6-12)11(2)21/h3-4,9,12H,5-8H2,1-2H3,(H,17,22)(H,18,19). The third kappa shape index (κ3) is 3.61. The Bertz CT molecular complexity index is 713. The van der Waals surface area contributed by atoms with E-state index in [9.17, 15) is 9.59 Å². The number of aromatic amines is 1. The Hall–Kier alpha value is -2.15. The zero-order valence-electron chi connectivity index (χ0n) is 13.3. The molecule has 122 valence electrons. The Labute approximate surface area is 138 Å². The van der Waals surface area contributed by atoms with Gasteiger partial charge in [-0.1, -0.05) is 0 Å². The summed E-state index contributed by atoms with van der Waals surface area (Å²) in [5.41, 5.74) is 1.26. The minimum atomic E-state index is -0.165. The predicted octanol–water partition coefficient (Wildman–Crippen LogP) is 2.19. The van der Waals surface area contributed by atoms with E-state index in [1.54, 1.807) is 24.3 Å². The maximum Gasteiger partial charge on any atom is 0.272 e. The number of hydrogen-bond acceptors (Lipinski definition) is 4. The SMILES string of the molecule is CC(=O)N1CCC(NC(=O)c2cc(-c3ccc(C)s3)[nH]n2)CC1. The first-order valence-corrected chi connectivity index (χ1v) is 8.53. The van der Waals surface area contributed by atoms with Gasteiger partial charge in [-0.05, 0) is 38.0 Å². The molecule has 1 aliphatic rings. The summed E-state index contributed by atoms with van der Waals surface area (Å²) >= 11 is 1.66. The molecule has 6 nitrogen and oxygen atoms in total. The van der Waals surface area contributed by atoms with E-state index in [0.717, 1.165) is 23.4 Å². The predicted molar refractivity (Wildman–Crippen MR) is 89.4 cm³/mol. The van der Waals surface area contributed by atoms with Crippen molar-refractivity contribution in [2.45, 2.75) is 32.7 Å². The number of carbonyl (C=O) groups excluding carboxylic acids is 2. The summed E-state index contributed by atoms with van der Waals surface area (Å²) in [5.74, 6) is -0.0694. The molecule has 1 aliphatic heterocycles. The first-order chi connectivity index (χ1) is 11.0. The van der Waals surface area contributed by atoms with Crippen LogP contribution in [0.25, 0.3) is 10.6 Å². The van der Waals surface area contributed by atoms with E-state index >= 15 is 0 Å². The highest BCUT2D eigenvalue weighted by Crippen LogP contribution is 2.26. The zero-order chi connectivity index (χ0) is 16.4. The van der Waals surface area contributed by atoms with Gasteiger partial charge in [-0.3, -0.25) is 14.7 Å². The summed E-state index contributed by atoms with van der Waals surface area (Å²) in [6, 6.07) is 5.95. The van der Waals surface area contributed by atoms with Crippen LogP contribution in [0.15, 0.2) is 18.2 Å². The molecule has 0 radical (unpaired) electrons. The molecule has 2 amide bonds. The molecule has 0 aromatic carbocycles. The second-order valence-corrected chi connectivity index (χ2v) is 7.12. The maximum absolute atomic E-state index is 12.3. The average molecular weight is 332 g/mol. The quantitative estimate of drug-likeness (QED) is 0.904. The van der Waals surface area contributed by atoms with Crippen LogP contribution < -0.4 is 5.32 Å². The maximum atomic E-state index is 12.3. The molecule has 0 bridgehead atoms. The van der Waals surface area contributed by atoms with E-state index < -0.39 is 0 Å². The molecule has 2 N–H and O–H groups in total. The van der Waals surface area contributed by atoms with Crippen LogP contribution in [-0.4, -0.2) is 46.0 Å². The number of amides is 2. The fraction of sp³-hybridized carbons (Fsp3) is 0.438. The molecule has 3 heterocycles. The van der Waals surface area contributed by atoms with E-state index in [1.807, 2.05) is 24.0 Å². The summed E-state index contributed by atoms with van der Waals surface area (Å²) < 4.78 is 0. The van der Waals surface area contributed by atoms with Crippen molar-refractivity contribution < 1.29 is 9.59 Å². The summed E-state index contributed by atoms with van der Waals surface area (Å²) in [4.78, 5) is 27.7. The number of hydrogen-bond donors (Lipinski definition) is 2. The van der Waals surface area contributed by atoms with Crippen LogP contribution >= 0.6 is 11.3 Å². The van der Waals surface area contributed by atoms with Crippen molar-refractivity contribution in [1.82, 2.24) is 20.4 Å². The van der Waals surface area contributed by atoms with Gasteiger partial charge < -0.3 is 10.2 Å². The van der Waals surface area contributed by atoms with Gasteiger partial charge in [0.2, 0.25) is 5.91 Å². The normalized spacial score (nSPS) is 15.7. The number of nitrogens with zero attached hydrogens (tertiary/aromatic N) is 2. The van der Waals surface area contributed by atoms with Crippen molar-refractivity contribution in [3.05, 3.63) is 28.8 Å². The van der Waals surface area contributed by atoms with E-state index in [2.05, 4.69) is 15.5 Å². The lowest BCUT2D eigenvalue weighted by atomic mass is 10.0. The minimum Gasteiger partial charge on any atom is -0.348 e. The number of carbonyl (C=O) groups is 2. The van der Waals surface area contributed by atoms with Crippen molar-refractivity contribution in [2.24, 2.45) is 0 Å². The van der Waals surface area contributed by atoms with E-state index in [0.29, 0.717) is 18.8 Å². The van der Waals surface area contributed by atoms with Crippen molar-refractivity contribution >= 4 is 23.2 Å². The number of nitrogens with one attached hydrogen (secondary N) is 2. The van der Waals surface area contributed by atoms with Crippen LogP contribution in [-0.2, 0) is 4.79 Å². The van der Waals surface area contributed by atoms with E-state index in [4.69, 9.17) is 0 Å². The van der Waals surface area contributed by atoms with Crippen molar-refractivity contribution in [3.8, 4) is 10.6 Å². The van der Waals surface area contributed by atoms with Gasteiger partial charge >= 0.3 is 0 Å². The van der Waals surface area contributed by atoms with Crippen LogP contribution in [0.1, 0.15) is 35.1 Å². The smallest absolute Gasteiger partial charge is 0.272 e. The molecular weight excluding hydrogens is 312 g/mol. The fourth-order valence-corrected chi connectivity index (χ4v) is 3.58. The highest BCUT2D eigenvalue weighted by molar-refractivity contribution is 7.15. The molecule has 2 aromatic rings. The Morgan fingerprint density at radius 1 is 1.35 bits per heavy atom. The number of rotatable bonds is 3. The molecule has 7 heteroatoms. The molecule has 1 saturated heterocycles. The molecule has 3 rings (SSSR count). The molecule has 0 atom stereocenters. The monoisotopic (exact) mass is 332 g/mol. The van der Waals surface area contributed by atoms with Crippen LogP contribution in [0.3, 0.4) is 0 Å². The van der Waals surface area contributed by atoms with Crippen LogP contribution in [0.2, 0.25) is 0 Å². The zero-order valence-corrected chi connectivity index (χ0v) is 14.1. The van der Waals surface area contributed by atoms with E-state index in [1.165, 1.54) is 4.88 Å². The van der Waals surface area contributed by atoms with Crippen LogP contribution in [0.5, 0.6) is 0 Å². The summed E-state index contributed by atoms with van der Waals surface area (Å²) in [6.45, 7) is 5.02. The van der Waals surface area contributed by atoms with Crippen molar-refractivity contribution in [3.63, 3.8) is 0 Å². The molecule has 1 fully saturated rings. The number of piperidine rings is 1. The lowest BCUT2D eigenvalue weighted by Gasteiger charge is -2.31. The van der Waals surface area contributed by atoms with Gasteiger partial charge in [-0.15, -0.1) is 11.3 Å². The molecule has 0 aliphatic carbocycles. The van der Waals surface area contributed by atoms with Crippen molar-refractivity contribution in [1.29, 1.82) is 0 Å². The number of H-pyrrole nitrogens is 1. The van der Waals surface area contributed by atoms with Gasteiger partial charge in [0, 0.05) is 30.9 Å². The number of likely N-dealkylation sites (tertiary alicyclic amines) is 1. The van der Waals surface area contributed by atoms with Gasteiger partial charge in [0.25, 0.3) is 5.91 Å². The topological polar surface area (TPSA) is 78.1 Å². The second kappa shape index (κ2) is 6.54. The minimum absolute atomic E-state index is 0.0953. The summed E-state index contributed by atoms with van der Waals surface area (Å²) in [6.07, 6.45) is 1.57. The van der Waals surface area contributed by atoms with Crippen molar-refractivity contribution in [2.75, 3.05) is 13.1 Å². The first kappa shape index (κ1) is 15.7. The largest absolute Gasteiger partial charge is 0.348 e. The van der Waals surface area contributed by atoms with E-state index in [-0.39, 0.29) is 17.9 Å². The van der Waals surface area contributed by atoms with Gasteiger partial charge in [0.05, 0.1) is 10.6 Å². The van der Waals surface area contributed by atoms with Gasteiger partial charge in [0.1, 0.15) is 0 Å². The van der Waals surface area contributed by atoms with Gasteiger partial charge in [-0.2, -0.15) is 5.10 Å².